The fourth-order valence-corrected chi connectivity index (χ4v) is 2.31. The first-order chi connectivity index (χ1) is 9.63. The molecule has 1 heterocycles. The molecule has 1 aliphatic carbocycles. The highest BCUT2D eigenvalue weighted by Crippen LogP contribution is 2.38. The van der Waals surface area contributed by atoms with Gasteiger partial charge in [0.1, 0.15) is 5.75 Å². The predicted octanol–water partition coefficient (Wildman–Crippen LogP) is 3.31. The predicted molar refractivity (Wildman–Crippen MR) is 77.3 cm³/mol. The topological polar surface area (TPSA) is 74.2 Å². The summed E-state index contributed by atoms with van der Waals surface area (Å²) in [5.41, 5.74) is 6.90. The number of halogens is 1. The molecule has 1 aliphatic rings. The molecular formula is C14H16BrN3O2. The minimum atomic E-state index is -0.0922. The van der Waals surface area contributed by atoms with Crippen LogP contribution >= 0.6 is 15.9 Å². The van der Waals surface area contributed by atoms with Crippen molar-refractivity contribution in [2.75, 3.05) is 0 Å². The molecule has 5 nitrogen and oxygen atoms in total. The van der Waals surface area contributed by atoms with Gasteiger partial charge in [-0.05, 0) is 31.9 Å². The Labute approximate surface area is 125 Å². The maximum absolute atomic E-state index is 5.94. The highest BCUT2D eigenvalue weighted by atomic mass is 79.9. The Morgan fingerprint density at radius 1 is 1.50 bits per heavy atom. The fourth-order valence-electron chi connectivity index (χ4n) is 1.97. The maximum Gasteiger partial charge on any atom is 0.229 e. The summed E-state index contributed by atoms with van der Waals surface area (Å²) in [6, 6.07) is 5.71. The molecule has 6 heteroatoms. The average Bonchev–Trinajstić information content (AvgIpc) is 3.15. The number of nitrogens with two attached hydrogens (primary N) is 1. The van der Waals surface area contributed by atoms with Gasteiger partial charge in [0.05, 0.1) is 0 Å². The van der Waals surface area contributed by atoms with E-state index in [1.807, 2.05) is 25.1 Å². The van der Waals surface area contributed by atoms with E-state index in [1.54, 1.807) is 0 Å². The van der Waals surface area contributed by atoms with Crippen LogP contribution in [0.4, 0.5) is 0 Å². The van der Waals surface area contributed by atoms with Crippen molar-refractivity contribution in [3.8, 4) is 5.75 Å². The zero-order chi connectivity index (χ0) is 14.1. The van der Waals surface area contributed by atoms with Crippen LogP contribution < -0.4 is 10.5 Å². The maximum atomic E-state index is 5.94. The van der Waals surface area contributed by atoms with Crippen molar-refractivity contribution in [2.24, 2.45) is 5.73 Å². The molecule has 0 saturated heterocycles. The minimum Gasteiger partial charge on any atom is -0.485 e. The van der Waals surface area contributed by atoms with Crippen molar-refractivity contribution in [3.63, 3.8) is 0 Å². The second-order valence-electron chi connectivity index (χ2n) is 5.08. The molecule has 1 atom stereocenters. The third kappa shape index (κ3) is 3.02. The number of aromatic nitrogens is 2. The van der Waals surface area contributed by atoms with Gasteiger partial charge in [-0.2, -0.15) is 4.98 Å². The summed E-state index contributed by atoms with van der Waals surface area (Å²) in [4.78, 5) is 4.34. The van der Waals surface area contributed by atoms with Crippen LogP contribution in [0.15, 0.2) is 27.2 Å². The standard InChI is InChI=1S/C14H16BrN3O2/c1-8(16)11-5-4-10(15)6-12(11)19-7-13-17-14(20-18-13)9-2-3-9/h4-6,8-9H,2-3,7,16H2,1H3. The van der Waals surface area contributed by atoms with E-state index >= 15 is 0 Å². The zero-order valence-corrected chi connectivity index (χ0v) is 12.8. The van der Waals surface area contributed by atoms with Crippen molar-refractivity contribution in [1.82, 2.24) is 10.1 Å². The van der Waals surface area contributed by atoms with Crippen LogP contribution in [-0.2, 0) is 6.61 Å². The lowest BCUT2D eigenvalue weighted by Gasteiger charge is -2.13. The lowest BCUT2D eigenvalue weighted by molar-refractivity contribution is 0.281. The van der Waals surface area contributed by atoms with Crippen molar-refractivity contribution in [1.29, 1.82) is 0 Å². The minimum absolute atomic E-state index is 0.0922. The molecule has 2 N–H and O–H groups in total. The number of hydrogen-bond acceptors (Lipinski definition) is 5. The van der Waals surface area contributed by atoms with Gasteiger partial charge in [-0.3, -0.25) is 0 Å². The molecule has 20 heavy (non-hydrogen) atoms. The Morgan fingerprint density at radius 2 is 2.30 bits per heavy atom. The van der Waals surface area contributed by atoms with Crippen molar-refractivity contribution in [3.05, 3.63) is 40.0 Å². The molecule has 0 spiro atoms. The molecule has 0 bridgehead atoms. The first-order valence-corrected chi connectivity index (χ1v) is 7.43. The molecule has 0 aliphatic heterocycles. The summed E-state index contributed by atoms with van der Waals surface area (Å²) in [6.45, 7) is 2.21. The van der Waals surface area contributed by atoms with E-state index in [-0.39, 0.29) is 12.6 Å². The number of benzene rings is 1. The van der Waals surface area contributed by atoms with E-state index in [2.05, 4.69) is 26.1 Å². The Kier molecular flexibility index (Phi) is 3.76. The summed E-state index contributed by atoms with van der Waals surface area (Å²) in [5.74, 6) is 2.50. The quantitative estimate of drug-likeness (QED) is 0.905. The third-order valence-electron chi connectivity index (χ3n) is 3.23. The molecule has 0 amide bonds. The van der Waals surface area contributed by atoms with Crippen LogP contribution in [0.25, 0.3) is 0 Å². The van der Waals surface area contributed by atoms with Gasteiger partial charge in [0.15, 0.2) is 6.61 Å². The number of rotatable bonds is 5. The van der Waals surface area contributed by atoms with E-state index in [0.29, 0.717) is 11.7 Å². The Balaban J connectivity index is 1.71. The van der Waals surface area contributed by atoms with Crippen molar-refractivity contribution in [2.45, 2.75) is 38.3 Å². The van der Waals surface area contributed by atoms with E-state index in [1.165, 1.54) is 0 Å². The van der Waals surface area contributed by atoms with Crippen LogP contribution in [0.1, 0.15) is 49.0 Å². The Hall–Kier alpha value is -1.40. The van der Waals surface area contributed by atoms with E-state index < -0.39 is 0 Å². The van der Waals surface area contributed by atoms with Crippen LogP contribution in [0, 0.1) is 0 Å². The van der Waals surface area contributed by atoms with Crippen molar-refractivity contribution < 1.29 is 9.26 Å². The Bertz CT molecular complexity index is 608. The molecule has 2 aromatic rings. The first-order valence-electron chi connectivity index (χ1n) is 6.64. The SMILES string of the molecule is CC(N)c1ccc(Br)cc1OCc1noc(C2CC2)n1. The Morgan fingerprint density at radius 3 is 3.00 bits per heavy atom. The van der Waals surface area contributed by atoms with Gasteiger partial charge in [-0.25, -0.2) is 0 Å². The molecule has 1 saturated carbocycles. The fraction of sp³-hybridized carbons (Fsp3) is 0.429. The highest BCUT2D eigenvalue weighted by molar-refractivity contribution is 9.10. The van der Waals surface area contributed by atoms with E-state index in [4.69, 9.17) is 15.0 Å². The molecule has 1 aromatic heterocycles. The molecule has 1 unspecified atom stereocenters. The first kappa shape index (κ1) is 13.6. The second-order valence-corrected chi connectivity index (χ2v) is 6.00. The lowest BCUT2D eigenvalue weighted by atomic mass is 10.1. The zero-order valence-electron chi connectivity index (χ0n) is 11.2. The van der Waals surface area contributed by atoms with Crippen LogP contribution in [-0.4, -0.2) is 10.1 Å². The highest BCUT2D eigenvalue weighted by Gasteiger charge is 2.29. The van der Waals surface area contributed by atoms with Crippen LogP contribution in [0.5, 0.6) is 5.75 Å². The summed E-state index contributed by atoms with van der Waals surface area (Å²) in [5, 5.41) is 3.94. The van der Waals surface area contributed by atoms with E-state index in [0.717, 1.165) is 34.5 Å². The van der Waals surface area contributed by atoms with Gasteiger partial charge in [0, 0.05) is 22.0 Å². The normalized spacial score (nSPS) is 16.1. The summed E-state index contributed by atoms with van der Waals surface area (Å²) < 4.78 is 11.9. The molecule has 1 fully saturated rings. The van der Waals surface area contributed by atoms with Gasteiger partial charge in [0.2, 0.25) is 11.7 Å². The summed E-state index contributed by atoms with van der Waals surface area (Å²) in [7, 11) is 0. The second kappa shape index (κ2) is 5.54. The summed E-state index contributed by atoms with van der Waals surface area (Å²) in [6.07, 6.45) is 2.28. The lowest BCUT2D eigenvalue weighted by Crippen LogP contribution is -2.08. The third-order valence-corrected chi connectivity index (χ3v) is 3.73. The monoisotopic (exact) mass is 337 g/mol. The number of hydrogen-bond donors (Lipinski definition) is 1. The molecule has 0 radical (unpaired) electrons. The van der Waals surface area contributed by atoms with Crippen LogP contribution in [0.2, 0.25) is 0 Å². The molecule has 106 valence electrons. The van der Waals surface area contributed by atoms with Gasteiger partial charge in [-0.1, -0.05) is 27.2 Å². The van der Waals surface area contributed by atoms with Gasteiger partial charge in [-0.15, -0.1) is 0 Å². The van der Waals surface area contributed by atoms with Gasteiger partial charge in [0.25, 0.3) is 0 Å². The largest absolute Gasteiger partial charge is 0.485 e. The summed E-state index contributed by atoms with van der Waals surface area (Å²) >= 11 is 3.43. The molecule has 3 rings (SSSR count). The number of nitrogens with zero attached hydrogens (tertiary/aromatic N) is 2. The van der Waals surface area contributed by atoms with Crippen molar-refractivity contribution >= 4 is 15.9 Å². The molecule has 1 aromatic carbocycles. The smallest absolute Gasteiger partial charge is 0.229 e. The van der Waals surface area contributed by atoms with Crippen LogP contribution in [0.3, 0.4) is 0 Å². The molecular weight excluding hydrogens is 322 g/mol. The average molecular weight is 338 g/mol. The van der Waals surface area contributed by atoms with Gasteiger partial charge < -0.3 is 15.0 Å². The van der Waals surface area contributed by atoms with Gasteiger partial charge >= 0.3 is 0 Å². The van der Waals surface area contributed by atoms with E-state index in [9.17, 15) is 0 Å². The number of ether oxygens (including phenoxy) is 1.